The average molecular weight is 200 g/mol. The topological polar surface area (TPSA) is 41.6 Å². The third kappa shape index (κ3) is 5.72. The number of rotatable bonds is 7. The van der Waals surface area contributed by atoms with E-state index in [-0.39, 0.29) is 5.97 Å². The lowest BCUT2D eigenvalue weighted by molar-refractivity contribution is -0.138. The van der Waals surface area contributed by atoms with Crippen LogP contribution in [0.4, 0.5) is 0 Å². The molecule has 1 N–H and O–H groups in total. The van der Waals surface area contributed by atoms with Crippen LogP contribution in [0.5, 0.6) is 0 Å². The molecule has 0 fully saturated rings. The fourth-order valence-electron chi connectivity index (χ4n) is 1.01. The largest absolute Gasteiger partial charge is 0.463 e. The molecule has 4 nitrogen and oxygen atoms in total. The normalized spacial score (nSPS) is 10.3. The summed E-state index contributed by atoms with van der Waals surface area (Å²) in [6, 6.07) is 0. The first-order chi connectivity index (χ1) is 6.61. The van der Waals surface area contributed by atoms with E-state index in [0.717, 1.165) is 13.1 Å². The van der Waals surface area contributed by atoms with E-state index in [1.54, 1.807) is 6.92 Å². The molecule has 82 valence electrons. The second kappa shape index (κ2) is 7.53. The van der Waals surface area contributed by atoms with Crippen molar-refractivity contribution in [2.24, 2.45) is 0 Å². The van der Waals surface area contributed by atoms with Crippen molar-refractivity contribution in [3.05, 3.63) is 12.2 Å². The standard InChI is InChI=1S/C10H20N2O2/c1-5-14-10(13)9(2)8-12(4)7-6-11-3/h11H,2,5-8H2,1,3-4H3. The number of ether oxygens (including phenoxy) is 1. The third-order valence-corrected chi connectivity index (χ3v) is 1.77. The van der Waals surface area contributed by atoms with Gasteiger partial charge in [0.05, 0.1) is 6.61 Å². The molecule has 0 rings (SSSR count). The summed E-state index contributed by atoms with van der Waals surface area (Å²) in [6.45, 7) is 8.21. The van der Waals surface area contributed by atoms with Gasteiger partial charge in [-0.1, -0.05) is 6.58 Å². The summed E-state index contributed by atoms with van der Waals surface area (Å²) < 4.78 is 4.83. The molecular formula is C10H20N2O2. The van der Waals surface area contributed by atoms with Crippen LogP contribution in [0.15, 0.2) is 12.2 Å². The second-order valence-corrected chi connectivity index (χ2v) is 3.17. The SMILES string of the molecule is C=C(CN(C)CCNC)C(=O)OCC. The van der Waals surface area contributed by atoms with Crippen LogP contribution in [0, 0.1) is 0 Å². The fraction of sp³-hybridized carbons (Fsp3) is 0.700. The summed E-state index contributed by atoms with van der Waals surface area (Å²) in [5.41, 5.74) is 0.505. The number of likely N-dealkylation sites (N-methyl/N-ethyl adjacent to an activating group) is 2. The molecule has 0 amide bonds. The Kier molecular flexibility index (Phi) is 7.06. The van der Waals surface area contributed by atoms with Gasteiger partial charge in [-0.05, 0) is 21.0 Å². The minimum absolute atomic E-state index is 0.302. The van der Waals surface area contributed by atoms with E-state index in [2.05, 4.69) is 11.9 Å². The molecular weight excluding hydrogens is 180 g/mol. The summed E-state index contributed by atoms with van der Waals surface area (Å²) in [5.74, 6) is -0.302. The number of nitrogens with one attached hydrogen (secondary N) is 1. The molecule has 0 saturated carbocycles. The number of nitrogens with zero attached hydrogens (tertiary/aromatic N) is 1. The number of hydrogen-bond acceptors (Lipinski definition) is 4. The molecule has 0 aliphatic carbocycles. The van der Waals surface area contributed by atoms with Crippen LogP contribution in [0.1, 0.15) is 6.92 Å². The van der Waals surface area contributed by atoms with Crippen LogP contribution in [-0.2, 0) is 9.53 Å². The monoisotopic (exact) mass is 200 g/mol. The molecule has 0 unspecified atom stereocenters. The number of hydrogen-bond donors (Lipinski definition) is 1. The van der Waals surface area contributed by atoms with Crippen LogP contribution >= 0.6 is 0 Å². The van der Waals surface area contributed by atoms with E-state index in [0.29, 0.717) is 18.7 Å². The molecule has 0 radical (unpaired) electrons. The molecule has 0 bridgehead atoms. The van der Waals surface area contributed by atoms with Crippen LogP contribution < -0.4 is 5.32 Å². The molecule has 0 aromatic rings. The maximum absolute atomic E-state index is 11.2. The molecule has 14 heavy (non-hydrogen) atoms. The summed E-state index contributed by atoms with van der Waals surface area (Å²) in [5, 5.41) is 3.04. The highest BCUT2D eigenvalue weighted by Crippen LogP contribution is 1.97. The zero-order valence-corrected chi connectivity index (χ0v) is 9.30. The molecule has 0 aliphatic rings. The van der Waals surface area contributed by atoms with Gasteiger partial charge in [0.25, 0.3) is 0 Å². The highest BCUT2D eigenvalue weighted by Gasteiger charge is 2.09. The lowest BCUT2D eigenvalue weighted by Gasteiger charge is -2.16. The molecule has 0 heterocycles. The van der Waals surface area contributed by atoms with Crippen molar-refractivity contribution < 1.29 is 9.53 Å². The van der Waals surface area contributed by atoms with Gasteiger partial charge in [0, 0.05) is 25.2 Å². The van der Waals surface area contributed by atoms with Gasteiger partial charge in [-0.3, -0.25) is 0 Å². The predicted octanol–water partition coefficient (Wildman–Crippen LogP) is 0.257. The zero-order chi connectivity index (χ0) is 11.0. The van der Waals surface area contributed by atoms with Crippen LogP contribution in [-0.4, -0.2) is 51.2 Å². The van der Waals surface area contributed by atoms with Crippen molar-refractivity contribution in [1.82, 2.24) is 10.2 Å². The van der Waals surface area contributed by atoms with E-state index in [4.69, 9.17) is 4.74 Å². The highest BCUT2D eigenvalue weighted by molar-refractivity contribution is 5.88. The van der Waals surface area contributed by atoms with Crippen molar-refractivity contribution in [3.63, 3.8) is 0 Å². The van der Waals surface area contributed by atoms with E-state index in [1.165, 1.54) is 0 Å². The molecule has 0 atom stereocenters. The molecule has 0 aromatic carbocycles. The van der Waals surface area contributed by atoms with Gasteiger partial charge in [-0.25, -0.2) is 4.79 Å². The van der Waals surface area contributed by atoms with Gasteiger partial charge in [0.1, 0.15) is 0 Å². The smallest absolute Gasteiger partial charge is 0.334 e. The maximum Gasteiger partial charge on any atom is 0.334 e. The first kappa shape index (κ1) is 13.1. The van der Waals surface area contributed by atoms with Crippen molar-refractivity contribution in [3.8, 4) is 0 Å². The Morgan fingerprint density at radius 2 is 2.21 bits per heavy atom. The summed E-state index contributed by atoms with van der Waals surface area (Å²) in [7, 11) is 3.84. The summed E-state index contributed by atoms with van der Waals surface area (Å²) in [6.07, 6.45) is 0. The maximum atomic E-state index is 11.2. The van der Waals surface area contributed by atoms with E-state index in [9.17, 15) is 4.79 Å². The van der Waals surface area contributed by atoms with Gasteiger partial charge < -0.3 is 15.0 Å². The van der Waals surface area contributed by atoms with Gasteiger partial charge in [0.2, 0.25) is 0 Å². The van der Waals surface area contributed by atoms with Gasteiger partial charge in [-0.15, -0.1) is 0 Å². The van der Waals surface area contributed by atoms with E-state index >= 15 is 0 Å². The van der Waals surface area contributed by atoms with Crippen molar-refractivity contribution >= 4 is 5.97 Å². The van der Waals surface area contributed by atoms with Gasteiger partial charge in [-0.2, -0.15) is 0 Å². The Morgan fingerprint density at radius 3 is 2.71 bits per heavy atom. The van der Waals surface area contributed by atoms with E-state index < -0.39 is 0 Å². The van der Waals surface area contributed by atoms with Crippen LogP contribution in [0.25, 0.3) is 0 Å². The Bertz CT molecular complexity index is 193. The summed E-state index contributed by atoms with van der Waals surface area (Å²) in [4.78, 5) is 13.2. The second-order valence-electron chi connectivity index (χ2n) is 3.17. The van der Waals surface area contributed by atoms with E-state index in [1.807, 2.05) is 19.0 Å². The number of carbonyl (C=O) groups excluding carboxylic acids is 1. The van der Waals surface area contributed by atoms with Gasteiger partial charge >= 0.3 is 5.97 Å². The quantitative estimate of drug-likeness (QED) is 0.473. The number of esters is 1. The van der Waals surface area contributed by atoms with Crippen molar-refractivity contribution in [2.45, 2.75) is 6.92 Å². The highest BCUT2D eigenvalue weighted by atomic mass is 16.5. The Balaban J connectivity index is 3.75. The average Bonchev–Trinajstić information content (AvgIpc) is 2.15. The van der Waals surface area contributed by atoms with Gasteiger partial charge in [0.15, 0.2) is 0 Å². The molecule has 0 spiro atoms. The third-order valence-electron chi connectivity index (χ3n) is 1.77. The lowest BCUT2D eigenvalue weighted by atomic mass is 10.3. The van der Waals surface area contributed by atoms with Crippen LogP contribution in [0.2, 0.25) is 0 Å². The molecule has 0 saturated heterocycles. The first-order valence-electron chi connectivity index (χ1n) is 4.79. The molecule has 0 aromatic heterocycles. The Morgan fingerprint density at radius 1 is 1.57 bits per heavy atom. The zero-order valence-electron chi connectivity index (χ0n) is 9.30. The Hall–Kier alpha value is -0.870. The summed E-state index contributed by atoms with van der Waals surface area (Å²) >= 11 is 0. The number of carbonyl (C=O) groups is 1. The molecule has 0 aliphatic heterocycles. The fourth-order valence-corrected chi connectivity index (χ4v) is 1.01. The lowest BCUT2D eigenvalue weighted by Crippen LogP contribution is -2.30. The van der Waals surface area contributed by atoms with Crippen molar-refractivity contribution in [2.75, 3.05) is 40.3 Å². The minimum atomic E-state index is -0.302. The predicted molar refractivity (Wildman–Crippen MR) is 57.2 cm³/mol. The first-order valence-corrected chi connectivity index (χ1v) is 4.79. The van der Waals surface area contributed by atoms with Crippen LogP contribution in [0.3, 0.4) is 0 Å². The molecule has 4 heteroatoms. The Labute approximate surface area is 85.9 Å². The van der Waals surface area contributed by atoms with Crippen molar-refractivity contribution in [1.29, 1.82) is 0 Å². The minimum Gasteiger partial charge on any atom is -0.463 e.